The van der Waals surface area contributed by atoms with E-state index in [1.54, 1.807) is 66.7 Å². The highest BCUT2D eigenvalue weighted by Gasteiger charge is 2.13. The lowest BCUT2D eigenvalue weighted by atomic mass is 10.2. The van der Waals surface area contributed by atoms with Gasteiger partial charge in [-0.1, -0.05) is 25.1 Å². The Hall–Kier alpha value is -4.13. The van der Waals surface area contributed by atoms with Gasteiger partial charge in [-0.3, -0.25) is 4.79 Å². The average molecular weight is 447 g/mol. The van der Waals surface area contributed by atoms with E-state index in [2.05, 4.69) is 10.5 Å². The fourth-order valence-corrected chi connectivity index (χ4v) is 2.84. The molecule has 170 valence electrons. The summed E-state index contributed by atoms with van der Waals surface area (Å²) >= 11 is 0. The first kappa shape index (κ1) is 23.5. The molecule has 0 bridgehead atoms. The quantitative estimate of drug-likeness (QED) is 0.208. The van der Waals surface area contributed by atoms with Gasteiger partial charge in [0.1, 0.15) is 5.75 Å². The van der Waals surface area contributed by atoms with Crippen molar-refractivity contribution in [3.05, 3.63) is 89.5 Å². The molecule has 0 aliphatic carbocycles. The number of hydrogen-bond donors (Lipinski definition) is 1. The van der Waals surface area contributed by atoms with Crippen molar-refractivity contribution >= 4 is 18.1 Å². The molecular formula is C26H26N2O5. The Labute approximate surface area is 193 Å². The number of hydrazone groups is 1. The number of nitrogens with one attached hydrogen (secondary N) is 1. The Morgan fingerprint density at radius 2 is 1.64 bits per heavy atom. The zero-order valence-electron chi connectivity index (χ0n) is 18.6. The number of ether oxygens (including phenoxy) is 3. The van der Waals surface area contributed by atoms with Crippen LogP contribution in [0.15, 0.2) is 77.9 Å². The summed E-state index contributed by atoms with van der Waals surface area (Å²) in [6.45, 7) is 4.87. The van der Waals surface area contributed by atoms with Gasteiger partial charge in [0.2, 0.25) is 0 Å². The van der Waals surface area contributed by atoms with Gasteiger partial charge in [0.25, 0.3) is 5.91 Å². The van der Waals surface area contributed by atoms with Crippen molar-refractivity contribution in [1.82, 2.24) is 5.43 Å². The van der Waals surface area contributed by atoms with Crippen molar-refractivity contribution in [3.8, 4) is 17.2 Å². The Balaban J connectivity index is 1.66. The molecule has 0 saturated heterocycles. The van der Waals surface area contributed by atoms with Gasteiger partial charge in [-0.2, -0.15) is 5.10 Å². The summed E-state index contributed by atoms with van der Waals surface area (Å²) in [6, 6.07) is 20.6. The van der Waals surface area contributed by atoms with Gasteiger partial charge in [-0.15, -0.1) is 0 Å². The highest BCUT2D eigenvalue weighted by atomic mass is 16.6. The van der Waals surface area contributed by atoms with E-state index in [1.807, 2.05) is 19.9 Å². The Bertz CT molecular complexity index is 1100. The van der Waals surface area contributed by atoms with Crippen molar-refractivity contribution in [2.24, 2.45) is 5.10 Å². The molecule has 3 aromatic carbocycles. The molecule has 33 heavy (non-hydrogen) atoms. The van der Waals surface area contributed by atoms with Crippen molar-refractivity contribution < 1.29 is 23.8 Å². The maximum atomic E-state index is 12.6. The molecule has 0 fully saturated rings. The number of carbonyl (C=O) groups excluding carboxylic acids is 2. The third-order valence-corrected chi connectivity index (χ3v) is 4.45. The number of hydrogen-bond acceptors (Lipinski definition) is 6. The van der Waals surface area contributed by atoms with Gasteiger partial charge in [0, 0.05) is 5.56 Å². The largest absolute Gasteiger partial charge is 0.494 e. The summed E-state index contributed by atoms with van der Waals surface area (Å²) in [7, 11) is 0. The molecule has 1 N–H and O–H groups in total. The molecule has 0 heterocycles. The topological polar surface area (TPSA) is 86.2 Å². The summed E-state index contributed by atoms with van der Waals surface area (Å²) in [5.41, 5.74) is 4.06. The van der Waals surface area contributed by atoms with Gasteiger partial charge in [0.15, 0.2) is 11.5 Å². The summed E-state index contributed by atoms with van der Waals surface area (Å²) in [5, 5.41) is 3.99. The van der Waals surface area contributed by atoms with Crippen LogP contribution in [0.3, 0.4) is 0 Å². The lowest BCUT2D eigenvalue weighted by Crippen LogP contribution is -2.17. The van der Waals surface area contributed by atoms with Crippen LogP contribution in [0.2, 0.25) is 0 Å². The van der Waals surface area contributed by atoms with Crippen LogP contribution in [0.1, 0.15) is 46.5 Å². The van der Waals surface area contributed by atoms with Gasteiger partial charge >= 0.3 is 5.97 Å². The minimum absolute atomic E-state index is 0.290. The first-order valence-electron chi connectivity index (χ1n) is 10.7. The minimum Gasteiger partial charge on any atom is -0.494 e. The third kappa shape index (κ3) is 6.93. The van der Waals surface area contributed by atoms with Crippen LogP contribution in [0.4, 0.5) is 0 Å². The minimum atomic E-state index is -0.505. The Morgan fingerprint density at radius 1 is 0.879 bits per heavy atom. The van der Waals surface area contributed by atoms with Gasteiger partial charge in [-0.25, -0.2) is 10.2 Å². The van der Waals surface area contributed by atoms with Crippen molar-refractivity contribution in [3.63, 3.8) is 0 Å². The van der Waals surface area contributed by atoms with E-state index >= 15 is 0 Å². The first-order chi connectivity index (χ1) is 16.1. The fraction of sp³-hybridized carbons (Fsp3) is 0.192. The molecule has 0 aromatic heterocycles. The van der Waals surface area contributed by atoms with E-state index < -0.39 is 5.97 Å². The van der Waals surface area contributed by atoms with Gasteiger partial charge < -0.3 is 14.2 Å². The SMILES string of the molecule is CCCOc1ccc(C(=O)Oc2ccc(/C=N/NC(=O)c3ccccc3)cc2OCC)cc1. The van der Waals surface area contributed by atoms with Crippen LogP contribution in [-0.4, -0.2) is 31.3 Å². The predicted molar refractivity (Wildman–Crippen MR) is 126 cm³/mol. The summed E-state index contributed by atoms with van der Waals surface area (Å²) in [5.74, 6) is 0.570. The molecule has 0 spiro atoms. The van der Waals surface area contributed by atoms with Crippen LogP contribution in [0.25, 0.3) is 0 Å². The van der Waals surface area contributed by atoms with Crippen LogP contribution in [0, 0.1) is 0 Å². The monoisotopic (exact) mass is 446 g/mol. The van der Waals surface area contributed by atoms with E-state index in [-0.39, 0.29) is 5.91 Å². The highest BCUT2D eigenvalue weighted by molar-refractivity contribution is 5.95. The maximum absolute atomic E-state index is 12.6. The van der Waals surface area contributed by atoms with Crippen LogP contribution in [0.5, 0.6) is 17.2 Å². The number of carbonyl (C=O) groups is 2. The molecule has 0 aliphatic rings. The Morgan fingerprint density at radius 3 is 2.33 bits per heavy atom. The Kier molecular flexibility index (Phi) is 8.59. The highest BCUT2D eigenvalue weighted by Crippen LogP contribution is 2.29. The second-order valence-electron chi connectivity index (χ2n) is 6.97. The smallest absolute Gasteiger partial charge is 0.343 e. The predicted octanol–water partition coefficient (Wildman–Crippen LogP) is 4.86. The van der Waals surface area contributed by atoms with E-state index in [0.717, 1.165) is 6.42 Å². The van der Waals surface area contributed by atoms with Gasteiger partial charge in [-0.05, 0) is 73.5 Å². The number of nitrogens with zero attached hydrogens (tertiary/aromatic N) is 1. The zero-order chi connectivity index (χ0) is 23.5. The summed E-state index contributed by atoms with van der Waals surface area (Å²) in [4.78, 5) is 24.6. The number of rotatable bonds is 10. The molecule has 0 unspecified atom stereocenters. The molecule has 3 rings (SSSR count). The standard InChI is InChI=1S/C26H26N2O5/c1-3-16-32-22-13-11-21(12-14-22)26(30)33-23-15-10-19(17-24(23)31-4-2)18-27-28-25(29)20-8-6-5-7-9-20/h5-15,17-18H,3-4,16H2,1-2H3,(H,28,29)/b27-18+. The van der Waals surface area contributed by atoms with Gasteiger partial charge in [0.05, 0.1) is 25.0 Å². The molecule has 0 radical (unpaired) electrons. The van der Waals surface area contributed by atoms with E-state index in [9.17, 15) is 9.59 Å². The number of esters is 1. The average Bonchev–Trinajstić information content (AvgIpc) is 2.85. The molecule has 7 nitrogen and oxygen atoms in total. The van der Waals surface area contributed by atoms with Crippen LogP contribution in [-0.2, 0) is 0 Å². The second kappa shape index (κ2) is 12.0. The maximum Gasteiger partial charge on any atom is 0.343 e. The van der Waals surface area contributed by atoms with E-state index in [1.165, 1.54) is 6.21 Å². The van der Waals surface area contributed by atoms with Crippen molar-refractivity contribution in [2.75, 3.05) is 13.2 Å². The van der Waals surface area contributed by atoms with Crippen molar-refractivity contribution in [2.45, 2.75) is 20.3 Å². The second-order valence-corrected chi connectivity index (χ2v) is 6.97. The van der Waals surface area contributed by atoms with E-state index in [0.29, 0.717) is 47.2 Å². The lowest BCUT2D eigenvalue weighted by Gasteiger charge is -2.12. The number of amides is 1. The van der Waals surface area contributed by atoms with E-state index in [4.69, 9.17) is 14.2 Å². The fourth-order valence-electron chi connectivity index (χ4n) is 2.84. The molecule has 7 heteroatoms. The molecular weight excluding hydrogens is 420 g/mol. The molecule has 3 aromatic rings. The zero-order valence-corrected chi connectivity index (χ0v) is 18.6. The molecule has 0 aliphatic heterocycles. The third-order valence-electron chi connectivity index (χ3n) is 4.45. The number of benzene rings is 3. The first-order valence-corrected chi connectivity index (χ1v) is 10.7. The summed E-state index contributed by atoms with van der Waals surface area (Å²) < 4.78 is 16.7. The molecule has 0 atom stereocenters. The van der Waals surface area contributed by atoms with Crippen LogP contribution >= 0.6 is 0 Å². The molecule has 0 saturated carbocycles. The summed E-state index contributed by atoms with van der Waals surface area (Å²) in [6.07, 6.45) is 2.40. The van der Waals surface area contributed by atoms with Crippen LogP contribution < -0.4 is 19.6 Å². The normalized spacial score (nSPS) is 10.6. The molecule has 1 amide bonds. The lowest BCUT2D eigenvalue weighted by molar-refractivity contribution is 0.0728. The van der Waals surface area contributed by atoms with Crippen molar-refractivity contribution in [1.29, 1.82) is 0 Å².